The van der Waals surface area contributed by atoms with E-state index in [0.29, 0.717) is 12.0 Å². The third kappa shape index (κ3) is 2.55. The van der Waals surface area contributed by atoms with Crippen molar-refractivity contribution in [3.05, 3.63) is 0 Å². The van der Waals surface area contributed by atoms with Crippen LogP contribution in [0.1, 0.15) is 38.5 Å². The molecule has 1 unspecified atom stereocenters. The number of nitrogens with zero attached hydrogens (tertiary/aromatic N) is 1. The normalized spacial score (nSPS) is 27.1. The van der Waals surface area contributed by atoms with Crippen LogP contribution in [-0.2, 0) is 4.79 Å². The molecule has 1 saturated carbocycles. The first-order valence-corrected chi connectivity index (χ1v) is 6.39. The Morgan fingerprint density at radius 3 is 2.25 bits per heavy atom. The maximum Gasteiger partial charge on any atom is 0.235 e. The van der Waals surface area contributed by atoms with Gasteiger partial charge in [-0.3, -0.25) is 4.79 Å². The van der Waals surface area contributed by atoms with E-state index in [1.165, 1.54) is 38.5 Å². The van der Waals surface area contributed by atoms with Crippen molar-refractivity contribution in [1.82, 2.24) is 4.90 Å². The summed E-state index contributed by atoms with van der Waals surface area (Å²) >= 11 is 0. The van der Waals surface area contributed by atoms with Gasteiger partial charge < -0.3 is 16.4 Å². The van der Waals surface area contributed by atoms with E-state index in [1.54, 1.807) is 0 Å². The molecule has 2 rings (SSSR count). The number of hydrogen-bond donors (Lipinski definition) is 2. The summed E-state index contributed by atoms with van der Waals surface area (Å²) in [5.74, 6) is -0.388. The summed E-state index contributed by atoms with van der Waals surface area (Å²) in [5, 5.41) is 0. The SMILES string of the molecule is NC(=O)C(N)CN1CCC2(CCCC2)CC1. The Morgan fingerprint density at radius 2 is 1.75 bits per heavy atom. The maximum atomic E-state index is 10.9. The highest BCUT2D eigenvalue weighted by atomic mass is 16.1. The van der Waals surface area contributed by atoms with Gasteiger partial charge in [-0.05, 0) is 44.2 Å². The predicted molar refractivity (Wildman–Crippen MR) is 63.7 cm³/mol. The summed E-state index contributed by atoms with van der Waals surface area (Å²) in [5.41, 5.74) is 11.5. The lowest BCUT2D eigenvalue weighted by molar-refractivity contribution is -0.119. The molecule has 4 nitrogen and oxygen atoms in total. The van der Waals surface area contributed by atoms with Crippen LogP contribution in [0, 0.1) is 5.41 Å². The number of carbonyl (C=O) groups is 1. The standard InChI is InChI=1S/C12H23N3O/c13-10(11(14)16)9-15-7-5-12(6-8-15)3-1-2-4-12/h10H,1-9,13H2,(H2,14,16). The third-order valence-corrected chi connectivity index (χ3v) is 4.40. The molecule has 4 N–H and O–H groups in total. The van der Waals surface area contributed by atoms with E-state index in [-0.39, 0.29) is 5.91 Å². The second kappa shape index (κ2) is 4.72. The molecule has 0 aromatic rings. The van der Waals surface area contributed by atoms with Crippen LogP contribution < -0.4 is 11.5 Å². The Kier molecular flexibility index (Phi) is 3.50. The van der Waals surface area contributed by atoms with E-state index >= 15 is 0 Å². The molecule has 1 aliphatic heterocycles. The summed E-state index contributed by atoms with van der Waals surface area (Å²) < 4.78 is 0. The minimum Gasteiger partial charge on any atom is -0.368 e. The van der Waals surface area contributed by atoms with Crippen molar-refractivity contribution in [2.45, 2.75) is 44.6 Å². The quantitative estimate of drug-likeness (QED) is 0.732. The van der Waals surface area contributed by atoms with Gasteiger partial charge in [-0.25, -0.2) is 0 Å². The predicted octanol–water partition coefficient (Wildman–Crippen LogP) is 0.455. The van der Waals surface area contributed by atoms with Gasteiger partial charge >= 0.3 is 0 Å². The number of primary amides is 1. The zero-order valence-electron chi connectivity index (χ0n) is 9.95. The van der Waals surface area contributed by atoms with Crippen molar-refractivity contribution in [3.8, 4) is 0 Å². The molecule has 2 fully saturated rings. The fourth-order valence-corrected chi connectivity index (χ4v) is 3.20. The van der Waals surface area contributed by atoms with Crippen LogP contribution in [0.4, 0.5) is 0 Å². The Morgan fingerprint density at radius 1 is 1.19 bits per heavy atom. The molecule has 1 saturated heterocycles. The number of carbonyl (C=O) groups excluding carboxylic acids is 1. The molecule has 4 heteroatoms. The van der Waals surface area contributed by atoms with Crippen LogP contribution in [-0.4, -0.2) is 36.5 Å². The Labute approximate surface area is 97.3 Å². The number of rotatable bonds is 3. The van der Waals surface area contributed by atoms with Crippen molar-refractivity contribution < 1.29 is 4.79 Å². The average molecular weight is 225 g/mol. The summed E-state index contributed by atoms with van der Waals surface area (Å²) in [4.78, 5) is 13.2. The van der Waals surface area contributed by atoms with Crippen LogP contribution in [0.15, 0.2) is 0 Å². The summed E-state index contributed by atoms with van der Waals surface area (Å²) in [6.45, 7) is 2.80. The molecule has 1 spiro atoms. The minimum absolute atomic E-state index is 0.388. The first-order chi connectivity index (χ1) is 7.61. The van der Waals surface area contributed by atoms with E-state index in [2.05, 4.69) is 4.90 Å². The highest BCUT2D eigenvalue weighted by molar-refractivity contribution is 5.79. The molecule has 0 bridgehead atoms. The molecule has 0 radical (unpaired) electrons. The fraction of sp³-hybridized carbons (Fsp3) is 0.917. The van der Waals surface area contributed by atoms with E-state index in [0.717, 1.165) is 13.1 Å². The van der Waals surface area contributed by atoms with Crippen molar-refractivity contribution in [3.63, 3.8) is 0 Å². The number of likely N-dealkylation sites (tertiary alicyclic amines) is 1. The van der Waals surface area contributed by atoms with Gasteiger partial charge in [0.2, 0.25) is 5.91 Å². The van der Waals surface area contributed by atoms with E-state index in [4.69, 9.17) is 11.5 Å². The monoisotopic (exact) mass is 225 g/mol. The van der Waals surface area contributed by atoms with Gasteiger partial charge in [-0.1, -0.05) is 12.8 Å². The van der Waals surface area contributed by atoms with Gasteiger partial charge in [0.15, 0.2) is 0 Å². The summed E-state index contributed by atoms with van der Waals surface area (Å²) in [6.07, 6.45) is 8.17. The van der Waals surface area contributed by atoms with Gasteiger partial charge in [-0.15, -0.1) is 0 Å². The third-order valence-electron chi connectivity index (χ3n) is 4.40. The lowest BCUT2D eigenvalue weighted by atomic mass is 9.77. The Balaban J connectivity index is 1.78. The molecule has 0 aromatic heterocycles. The smallest absolute Gasteiger partial charge is 0.235 e. The highest BCUT2D eigenvalue weighted by Gasteiger charge is 2.37. The first kappa shape index (κ1) is 11.9. The van der Waals surface area contributed by atoms with Gasteiger partial charge in [0, 0.05) is 6.54 Å². The number of piperidine rings is 1. The van der Waals surface area contributed by atoms with Crippen LogP contribution in [0.25, 0.3) is 0 Å². The van der Waals surface area contributed by atoms with E-state index in [1.807, 2.05) is 0 Å². The molecular formula is C12H23N3O. The van der Waals surface area contributed by atoms with Crippen molar-refractivity contribution in [1.29, 1.82) is 0 Å². The van der Waals surface area contributed by atoms with Crippen molar-refractivity contribution >= 4 is 5.91 Å². The molecule has 1 atom stereocenters. The average Bonchev–Trinajstić information content (AvgIpc) is 2.70. The fourth-order valence-electron chi connectivity index (χ4n) is 3.20. The number of hydrogen-bond acceptors (Lipinski definition) is 3. The van der Waals surface area contributed by atoms with Crippen LogP contribution in [0.5, 0.6) is 0 Å². The molecular weight excluding hydrogens is 202 g/mol. The van der Waals surface area contributed by atoms with E-state index < -0.39 is 6.04 Å². The molecule has 16 heavy (non-hydrogen) atoms. The van der Waals surface area contributed by atoms with E-state index in [9.17, 15) is 4.79 Å². The maximum absolute atomic E-state index is 10.9. The van der Waals surface area contributed by atoms with Gasteiger partial charge in [0.25, 0.3) is 0 Å². The molecule has 0 aromatic carbocycles. The zero-order chi connectivity index (χ0) is 11.6. The molecule has 1 aliphatic carbocycles. The summed E-state index contributed by atoms with van der Waals surface area (Å²) in [7, 11) is 0. The second-order valence-electron chi connectivity index (χ2n) is 5.52. The Hall–Kier alpha value is -0.610. The van der Waals surface area contributed by atoms with Gasteiger partial charge in [-0.2, -0.15) is 0 Å². The first-order valence-electron chi connectivity index (χ1n) is 6.39. The Bertz CT molecular complexity index is 251. The van der Waals surface area contributed by atoms with Crippen LogP contribution in [0.3, 0.4) is 0 Å². The van der Waals surface area contributed by atoms with Gasteiger partial charge in [0.05, 0.1) is 6.04 Å². The number of nitrogens with two attached hydrogens (primary N) is 2. The topological polar surface area (TPSA) is 72.3 Å². The number of amides is 1. The lowest BCUT2D eigenvalue weighted by Gasteiger charge is -2.39. The zero-order valence-corrected chi connectivity index (χ0v) is 9.95. The lowest BCUT2D eigenvalue weighted by Crippen LogP contribution is -2.49. The van der Waals surface area contributed by atoms with Crippen LogP contribution >= 0.6 is 0 Å². The highest BCUT2D eigenvalue weighted by Crippen LogP contribution is 2.45. The molecule has 92 valence electrons. The van der Waals surface area contributed by atoms with Gasteiger partial charge in [0.1, 0.15) is 0 Å². The largest absolute Gasteiger partial charge is 0.368 e. The van der Waals surface area contributed by atoms with Crippen molar-refractivity contribution in [2.75, 3.05) is 19.6 Å². The minimum atomic E-state index is -0.502. The van der Waals surface area contributed by atoms with Crippen LogP contribution in [0.2, 0.25) is 0 Å². The molecule has 1 heterocycles. The van der Waals surface area contributed by atoms with Crippen molar-refractivity contribution in [2.24, 2.45) is 16.9 Å². The second-order valence-corrected chi connectivity index (χ2v) is 5.52. The molecule has 1 amide bonds. The molecule has 2 aliphatic rings. The summed E-state index contributed by atoms with van der Waals surface area (Å²) in [6, 6.07) is -0.502.